The van der Waals surface area contributed by atoms with E-state index in [4.69, 9.17) is 4.74 Å². The van der Waals surface area contributed by atoms with Gasteiger partial charge in [0.1, 0.15) is 17.6 Å². The molecule has 0 fully saturated rings. The van der Waals surface area contributed by atoms with Crippen molar-refractivity contribution in [3.63, 3.8) is 0 Å². The lowest BCUT2D eigenvalue weighted by Gasteiger charge is -2.47. The summed E-state index contributed by atoms with van der Waals surface area (Å²) in [5.41, 5.74) is 0.368. The standard InChI is InChI=1S/C20H22O4/c1-5-9-20(3)15(21)8-10-19(2)14-11-12(24-4)6-7-13(14)16(22)17(23)18(19)20/h5-8,10-11,16,22-23H,1,9H2,2-4H3/t16?,19-,20-/m1/s1. The lowest BCUT2D eigenvalue weighted by atomic mass is 9.55. The smallest absolute Gasteiger partial charge is 0.165 e. The number of benzene rings is 1. The summed E-state index contributed by atoms with van der Waals surface area (Å²) in [6.45, 7) is 7.49. The predicted octanol–water partition coefficient (Wildman–Crippen LogP) is 3.53. The Hall–Kier alpha value is -2.33. The molecule has 1 unspecified atom stereocenters. The number of fused-ring (bicyclic) bond motifs is 3. The number of carbonyl (C=O) groups is 1. The molecule has 0 saturated carbocycles. The van der Waals surface area contributed by atoms with Crippen LogP contribution in [0.4, 0.5) is 0 Å². The highest BCUT2D eigenvalue weighted by Gasteiger charge is 2.53. The van der Waals surface area contributed by atoms with Crippen LogP contribution in [0.1, 0.15) is 37.5 Å². The van der Waals surface area contributed by atoms with E-state index >= 15 is 0 Å². The number of allylic oxidation sites excluding steroid dienone is 4. The lowest BCUT2D eigenvalue weighted by molar-refractivity contribution is -0.122. The van der Waals surface area contributed by atoms with Crippen LogP contribution in [0, 0.1) is 5.41 Å². The molecule has 3 atom stereocenters. The summed E-state index contributed by atoms with van der Waals surface area (Å²) in [7, 11) is 1.58. The number of ketones is 1. The second-order valence-electron chi connectivity index (χ2n) is 6.84. The number of carbonyl (C=O) groups excluding carboxylic acids is 1. The SMILES string of the molecule is C=CC[C@]1(C)C(=O)C=C[C@@]2(C)C1=C(O)C(O)c1ccc(OC)cc12. The Morgan fingerprint density at radius 3 is 2.71 bits per heavy atom. The number of ether oxygens (including phenoxy) is 1. The Bertz CT molecular complexity index is 789. The Morgan fingerprint density at radius 2 is 2.08 bits per heavy atom. The fourth-order valence-corrected chi connectivity index (χ4v) is 4.10. The van der Waals surface area contributed by atoms with Crippen LogP contribution in [0.2, 0.25) is 0 Å². The van der Waals surface area contributed by atoms with Gasteiger partial charge in [0.15, 0.2) is 5.78 Å². The maximum Gasteiger partial charge on any atom is 0.165 e. The molecule has 4 heteroatoms. The number of rotatable bonds is 3. The molecule has 0 saturated heterocycles. The van der Waals surface area contributed by atoms with Crippen LogP contribution in [0.25, 0.3) is 0 Å². The maximum absolute atomic E-state index is 12.6. The van der Waals surface area contributed by atoms with E-state index in [9.17, 15) is 15.0 Å². The molecule has 24 heavy (non-hydrogen) atoms. The molecule has 3 rings (SSSR count). The predicted molar refractivity (Wildman–Crippen MR) is 92.0 cm³/mol. The molecule has 0 spiro atoms. The third kappa shape index (κ3) is 1.99. The topological polar surface area (TPSA) is 66.8 Å². The van der Waals surface area contributed by atoms with Crippen molar-refractivity contribution < 1.29 is 19.7 Å². The van der Waals surface area contributed by atoms with Crippen LogP contribution < -0.4 is 4.74 Å². The van der Waals surface area contributed by atoms with E-state index in [-0.39, 0.29) is 11.5 Å². The molecule has 2 aliphatic carbocycles. The first-order valence-electron chi connectivity index (χ1n) is 7.94. The zero-order valence-electron chi connectivity index (χ0n) is 14.2. The van der Waals surface area contributed by atoms with Crippen LogP contribution in [-0.4, -0.2) is 23.1 Å². The first-order chi connectivity index (χ1) is 11.3. The summed E-state index contributed by atoms with van der Waals surface area (Å²) < 4.78 is 5.32. The van der Waals surface area contributed by atoms with E-state index in [1.54, 1.807) is 44.4 Å². The molecule has 4 nitrogen and oxygen atoms in total. The van der Waals surface area contributed by atoms with Crippen molar-refractivity contribution in [1.29, 1.82) is 0 Å². The van der Waals surface area contributed by atoms with Gasteiger partial charge in [0.2, 0.25) is 0 Å². The first-order valence-corrected chi connectivity index (χ1v) is 7.94. The van der Waals surface area contributed by atoms with Crippen molar-refractivity contribution in [3.05, 3.63) is 65.5 Å². The summed E-state index contributed by atoms with van der Waals surface area (Å²) in [6.07, 6.45) is 4.27. The highest BCUT2D eigenvalue weighted by atomic mass is 16.5. The average molecular weight is 326 g/mol. The maximum atomic E-state index is 12.6. The van der Waals surface area contributed by atoms with Crippen LogP contribution in [-0.2, 0) is 10.2 Å². The van der Waals surface area contributed by atoms with E-state index in [2.05, 4.69) is 6.58 Å². The van der Waals surface area contributed by atoms with Crippen LogP contribution in [0.5, 0.6) is 5.75 Å². The van der Waals surface area contributed by atoms with Crippen molar-refractivity contribution in [2.24, 2.45) is 5.41 Å². The van der Waals surface area contributed by atoms with Crippen molar-refractivity contribution in [2.75, 3.05) is 7.11 Å². The minimum Gasteiger partial charge on any atom is -0.509 e. The van der Waals surface area contributed by atoms with E-state index in [0.717, 1.165) is 5.56 Å². The van der Waals surface area contributed by atoms with Gasteiger partial charge in [-0.3, -0.25) is 4.79 Å². The molecule has 0 bridgehead atoms. The molecule has 0 heterocycles. The molecule has 2 N–H and O–H groups in total. The van der Waals surface area contributed by atoms with Crippen LogP contribution in [0.3, 0.4) is 0 Å². The normalized spacial score (nSPS) is 31.5. The van der Waals surface area contributed by atoms with Gasteiger partial charge in [-0.1, -0.05) is 18.2 Å². The fourth-order valence-electron chi connectivity index (χ4n) is 4.10. The number of hydrogen-bond acceptors (Lipinski definition) is 4. The fraction of sp³-hybridized carbons (Fsp3) is 0.350. The van der Waals surface area contributed by atoms with Gasteiger partial charge in [0.05, 0.1) is 12.5 Å². The molecule has 1 aromatic carbocycles. The summed E-state index contributed by atoms with van der Waals surface area (Å²) >= 11 is 0. The summed E-state index contributed by atoms with van der Waals surface area (Å²) in [6, 6.07) is 5.37. The highest BCUT2D eigenvalue weighted by Crippen LogP contribution is 2.56. The van der Waals surface area contributed by atoms with Gasteiger partial charge in [-0.15, -0.1) is 6.58 Å². The van der Waals surface area contributed by atoms with Crippen LogP contribution in [0.15, 0.2) is 54.3 Å². The van der Waals surface area contributed by atoms with E-state index in [1.165, 1.54) is 0 Å². The molecule has 1 aromatic rings. The number of aliphatic hydroxyl groups excluding tert-OH is 2. The Labute approximate surface area is 141 Å². The van der Waals surface area contributed by atoms with Crippen molar-refractivity contribution in [1.82, 2.24) is 0 Å². The van der Waals surface area contributed by atoms with Gasteiger partial charge in [-0.2, -0.15) is 0 Å². The summed E-state index contributed by atoms with van der Waals surface area (Å²) in [5, 5.41) is 21.4. The third-order valence-corrected chi connectivity index (χ3v) is 5.37. The monoisotopic (exact) mass is 326 g/mol. The Morgan fingerprint density at radius 1 is 1.38 bits per heavy atom. The molecule has 126 valence electrons. The van der Waals surface area contributed by atoms with Gasteiger partial charge in [-0.25, -0.2) is 0 Å². The zero-order valence-corrected chi connectivity index (χ0v) is 14.2. The average Bonchev–Trinajstić information content (AvgIpc) is 2.56. The molecular weight excluding hydrogens is 304 g/mol. The summed E-state index contributed by atoms with van der Waals surface area (Å²) in [5.74, 6) is 0.427. The van der Waals surface area contributed by atoms with Gasteiger partial charge < -0.3 is 14.9 Å². The third-order valence-electron chi connectivity index (χ3n) is 5.37. The quantitative estimate of drug-likeness (QED) is 0.834. The first kappa shape index (κ1) is 16.5. The van der Waals surface area contributed by atoms with E-state index < -0.39 is 16.9 Å². The Balaban J connectivity index is 2.35. The second kappa shape index (κ2) is 5.35. The van der Waals surface area contributed by atoms with Crippen molar-refractivity contribution in [2.45, 2.75) is 31.8 Å². The minimum atomic E-state index is -1.16. The second-order valence-corrected chi connectivity index (χ2v) is 6.84. The van der Waals surface area contributed by atoms with Crippen LogP contribution >= 0.6 is 0 Å². The van der Waals surface area contributed by atoms with Gasteiger partial charge in [0, 0.05) is 5.41 Å². The van der Waals surface area contributed by atoms with Gasteiger partial charge in [-0.05, 0) is 55.2 Å². The largest absolute Gasteiger partial charge is 0.509 e. The highest BCUT2D eigenvalue weighted by molar-refractivity contribution is 6.00. The number of methoxy groups -OCH3 is 1. The minimum absolute atomic E-state index is 0.0972. The molecule has 0 radical (unpaired) electrons. The van der Waals surface area contributed by atoms with E-state index in [0.29, 0.717) is 23.3 Å². The van der Waals surface area contributed by atoms with E-state index in [1.807, 2.05) is 13.0 Å². The van der Waals surface area contributed by atoms with Crippen molar-refractivity contribution in [3.8, 4) is 5.75 Å². The van der Waals surface area contributed by atoms with Crippen molar-refractivity contribution >= 4 is 5.78 Å². The zero-order chi connectivity index (χ0) is 17.7. The molecule has 0 amide bonds. The Kier molecular flexibility index (Phi) is 3.68. The lowest BCUT2D eigenvalue weighted by Crippen LogP contribution is -2.45. The number of aliphatic hydroxyl groups is 2. The molecule has 2 aliphatic rings. The number of hydrogen-bond donors (Lipinski definition) is 2. The molecule has 0 aliphatic heterocycles. The summed E-state index contributed by atoms with van der Waals surface area (Å²) in [4.78, 5) is 12.6. The van der Waals surface area contributed by atoms with Gasteiger partial charge in [0.25, 0.3) is 0 Å². The van der Waals surface area contributed by atoms with Gasteiger partial charge >= 0.3 is 0 Å². The molecular formula is C20H22O4. The molecule has 0 aromatic heterocycles.